The van der Waals surface area contributed by atoms with Gasteiger partial charge >= 0.3 is 0 Å². The average Bonchev–Trinajstić information content (AvgIpc) is 2.18. The van der Waals surface area contributed by atoms with E-state index in [4.69, 9.17) is 0 Å². The number of sulfonamides is 1. The maximum atomic E-state index is 11.2. The lowest BCUT2D eigenvalue weighted by Crippen LogP contribution is -2.28. The summed E-state index contributed by atoms with van der Waals surface area (Å²) in [6, 6.07) is 0. The molecule has 0 heterocycles. The summed E-state index contributed by atoms with van der Waals surface area (Å²) in [5, 5.41) is 0. The summed E-state index contributed by atoms with van der Waals surface area (Å²) in [5.74, 6) is 1.74. The van der Waals surface area contributed by atoms with Crippen LogP contribution in [0.3, 0.4) is 0 Å². The van der Waals surface area contributed by atoms with Crippen molar-refractivity contribution in [3.63, 3.8) is 0 Å². The van der Waals surface area contributed by atoms with Crippen LogP contribution >= 0.6 is 0 Å². The summed E-state index contributed by atoms with van der Waals surface area (Å²) in [6.07, 6.45) is 6.21. The summed E-state index contributed by atoms with van der Waals surface area (Å²) in [5.41, 5.74) is 0. The highest BCUT2D eigenvalue weighted by Crippen LogP contribution is 2.30. The summed E-state index contributed by atoms with van der Waals surface area (Å²) in [7, 11) is -2.98. The summed E-state index contributed by atoms with van der Waals surface area (Å²) in [6.45, 7) is 4.58. The second-order valence-electron chi connectivity index (χ2n) is 4.72. The topological polar surface area (TPSA) is 46.2 Å². The lowest BCUT2D eigenvalue weighted by atomic mass is 9.81. The first-order valence-corrected chi connectivity index (χ1v) is 7.66. The van der Waals surface area contributed by atoms with Gasteiger partial charge < -0.3 is 0 Å². The van der Waals surface area contributed by atoms with Crippen molar-refractivity contribution in [2.75, 3.05) is 12.3 Å². The van der Waals surface area contributed by atoms with E-state index in [1.165, 1.54) is 25.7 Å². The predicted octanol–water partition coefficient (Wildman–Crippen LogP) is 2.14. The van der Waals surface area contributed by atoms with Crippen LogP contribution in [0.1, 0.15) is 46.0 Å². The minimum Gasteiger partial charge on any atom is -0.215 e. The van der Waals surface area contributed by atoms with Crippen LogP contribution < -0.4 is 4.72 Å². The maximum absolute atomic E-state index is 11.2. The quantitative estimate of drug-likeness (QED) is 0.791. The Morgan fingerprint density at radius 2 is 2.07 bits per heavy atom. The minimum absolute atomic E-state index is 0.189. The second-order valence-corrected chi connectivity index (χ2v) is 6.82. The molecule has 1 aliphatic carbocycles. The first-order chi connectivity index (χ1) is 7.03. The van der Waals surface area contributed by atoms with Gasteiger partial charge in [0.25, 0.3) is 0 Å². The summed E-state index contributed by atoms with van der Waals surface area (Å²) < 4.78 is 25.0. The van der Waals surface area contributed by atoms with Crippen molar-refractivity contribution in [3.8, 4) is 0 Å². The second kappa shape index (κ2) is 5.85. The number of hydrogen-bond donors (Lipinski definition) is 1. The molecule has 0 aromatic rings. The van der Waals surface area contributed by atoms with Gasteiger partial charge in [-0.1, -0.05) is 26.2 Å². The minimum atomic E-state index is -2.98. The molecule has 0 radical (unpaired) electrons. The van der Waals surface area contributed by atoms with Crippen molar-refractivity contribution >= 4 is 10.0 Å². The van der Waals surface area contributed by atoms with Crippen LogP contribution in [0.2, 0.25) is 0 Å². The number of nitrogens with one attached hydrogen (secondary N) is 1. The molecule has 90 valence electrons. The van der Waals surface area contributed by atoms with Gasteiger partial charge in [-0.25, -0.2) is 13.1 Å². The normalized spacial score (nSPS) is 27.9. The van der Waals surface area contributed by atoms with Crippen LogP contribution in [-0.2, 0) is 10.0 Å². The third-order valence-electron chi connectivity index (χ3n) is 3.30. The SMILES string of the molecule is CCS(=O)(=O)NCCC1CCCC(C)C1. The molecule has 0 aliphatic heterocycles. The van der Waals surface area contributed by atoms with E-state index in [0.717, 1.165) is 18.3 Å². The summed E-state index contributed by atoms with van der Waals surface area (Å²) >= 11 is 0. The fourth-order valence-electron chi connectivity index (χ4n) is 2.34. The van der Waals surface area contributed by atoms with Crippen LogP contribution in [0.4, 0.5) is 0 Å². The number of hydrogen-bond acceptors (Lipinski definition) is 2. The third-order valence-corrected chi connectivity index (χ3v) is 4.70. The molecule has 0 aromatic heterocycles. The molecule has 0 amide bonds. The van der Waals surface area contributed by atoms with E-state index in [0.29, 0.717) is 6.54 Å². The first kappa shape index (κ1) is 13.0. The van der Waals surface area contributed by atoms with Gasteiger partial charge in [0.05, 0.1) is 5.75 Å². The Morgan fingerprint density at radius 1 is 1.33 bits per heavy atom. The molecular weight excluding hydrogens is 210 g/mol. The molecule has 0 saturated heterocycles. The van der Waals surface area contributed by atoms with Crippen molar-refractivity contribution in [1.29, 1.82) is 0 Å². The third kappa shape index (κ3) is 4.98. The van der Waals surface area contributed by atoms with Gasteiger partial charge in [0.2, 0.25) is 10.0 Å². The standard InChI is InChI=1S/C11H23NO2S/c1-3-15(13,14)12-8-7-11-6-4-5-10(2)9-11/h10-12H,3-9H2,1-2H3. The van der Waals surface area contributed by atoms with E-state index in [-0.39, 0.29) is 5.75 Å². The van der Waals surface area contributed by atoms with Gasteiger partial charge in [-0.05, 0) is 31.6 Å². The summed E-state index contributed by atoms with van der Waals surface area (Å²) in [4.78, 5) is 0. The Hall–Kier alpha value is -0.0900. The fourth-order valence-corrected chi connectivity index (χ4v) is 2.98. The van der Waals surface area contributed by atoms with E-state index in [2.05, 4.69) is 11.6 Å². The van der Waals surface area contributed by atoms with Crippen LogP contribution in [0, 0.1) is 11.8 Å². The number of rotatable bonds is 5. The molecule has 1 rings (SSSR count). The Kier molecular flexibility index (Phi) is 5.06. The van der Waals surface area contributed by atoms with Crippen molar-refractivity contribution in [2.24, 2.45) is 11.8 Å². The molecule has 0 aromatic carbocycles. The van der Waals surface area contributed by atoms with Crippen LogP contribution in [0.25, 0.3) is 0 Å². The van der Waals surface area contributed by atoms with Crippen LogP contribution in [-0.4, -0.2) is 20.7 Å². The molecule has 1 aliphatic rings. The van der Waals surface area contributed by atoms with Gasteiger partial charge in [-0.15, -0.1) is 0 Å². The zero-order valence-corrected chi connectivity index (χ0v) is 10.6. The Balaban J connectivity index is 2.20. The largest absolute Gasteiger partial charge is 0.215 e. The Labute approximate surface area is 93.7 Å². The van der Waals surface area contributed by atoms with Gasteiger partial charge in [0.1, 0.15) is 0 Å². The van der Waals surface area contributed by atoms with Crippen molar-refractivity contribution < 1.29 is 8.42 Å². The molecule has 2 atom stereocenters. The molecule has 1 saturated carbocycles. The highest BCUT2D eigenvalue weighted by molar-refractivity contribution is 7.89. The lowest BCUT2D eigenvalue weighted by Gasteiger charge is -2.26. The molecule has 0 bridgehead atoms. The van der Waals surface area contributed by atoms with Gasteiger partial charge in [-0.2, -0.15) is 0 Å². The molecule has 3 nitrogen and oxygen atoms in total. The molecule has 4 heteroatoms. The molecule has 15 heavy (non-hydrogen) atoms. The van der Waals surface area contributed by atoms with E-state index in [1.54, 1.807) is 6.92 Å². The zero-order chi connectivity index (χ0) is 11.3. The van der Waals surface area contributed by atoms with E-state index < -0.39 is 10.0 Å². The zero-order valence-electron chi connectivity index (χ0n) is 9.83. The Morgan fingerprint density at radius 3 is 2.67 bits per heavy atom. The lowest BCUT2D eigenvalue weighted by molar-refractivity contribution is 0.271. The average molecular weight is 233 g/mol. The van der Waals surface area contributed by atoms with Crippen LogP contribution in [0.15, 0.2) is 0 Å². The highest BCUT2D eigenvalue weighted by atomic mass is 32.2. The van der Waals surface area contributed by atoms with E-state index in [1.807, 2.05) is 0 Å². The van der Waals surface area contributed by atoms with E-state index in [9.17, 15) is 8.42 Å². The fraction of sp³-hybridized carbons (Fsp3) is 1.00. The molecule has 0 spiro atoms. The highest BCUT2D eigenvalue weighted by Gasteiger charge is 2.18. The van der Waals surface area contributed by atoms with Crippen LogP contribution in [0.5, 0.6) is 0 Å². The first-order valence-electron chi connectivity index (χ1n) is 6.01. The van der Waals surface area contributed by atoms with Crippen molar-refractivity contribution in [1.82, 2.24) is 4.72 Å². The van der Waals surface area contributed by atoms with Crippen molar-refractivity contribution in [2.45, 2.75) is 46.0 Å². The maximum Gasteiger partial charge on any atom is 0.211 e. The van der Waals surface area contributed by atoms with Gasteiger partial charge in [-0.3, -0.25) is 0 Å². The smallest absolute Gasteiger partial charge is 0.211 e. The Bertz CT molecular complexity index is 274. The van der Waals surface area contributed by atoms with Crippen molar-refractivity contribution in [3.05, 3.63) is 0 Å². The monoisotopic (exact) mass is 233 g/mol. The van der Waals surface area contributed by atoms with Gasteiger partial charge in [0, 0.05) is 6.54 Å². The molecule has 1 fully saturated rings. The molecule has 2 unspecified atom stereocenters. The molecule has 1 N–H and O–H groups in total. The van der Waals surface area contributed by atoms with Gasteiger partial charge in [0.15, 0.2) is 0 Å². The predicted molar refractivity (Wildman–Crippen MR) is 63.2 cm³/mol. The van der Waals surface area contributed by atoms with E-state index >= 15 is 0 Å². The molecular formula is C11H23NO2S.